The lowest BCUT2D eigenvalue weighted by molar-refractivity contribution is 0.0542. The Labute approximate surface area is 101 Å². The van der Waals surface area contributed by atoms with Crippen LogP contribution < -0.4 is 5.48 Å². The number of aliphatic hydroxyl groups excluding tert-OH is 1. The van der Waals surface area contributed by atoms with Gasteiger partial charge in [-0.05, 0) is 17.7 Å². The average Bonchev–Trinajstić information content (AvgIpc) is 2.30. The lowest BCUT2D eigenvalue weighted by atomic mass is 9.97. The number of benzene rings is 1. The molecule has 0 fully saturated rings. The standard InChI is InChI=1S/C12H18ClNO2/c1-12(2,8-15)9-16-14-11-5-3-10(7-13)4-6-11/h3-6,14-15H,7-9H2,1-2H3. The van der Waals surface area contributed by atoms with Crippen LogP contribution in [0.4, 0.5) is 5.69 Å². The summed E-state index contributed by atoms with van der Waals surface area (Å²) in [5, 5.41) is 9.04. The van der Waals surface area contributed by atoms with E-state index in [1.54, 1.807) is 0 Å². The summed E-state index contributed by atoms with van der Waals surface area (Å²) < 4.78 is 0. The quantitative estimate of drug-likeness (QED) is 0.596. The smallest absolute Gasteiger partial charge is 0.0818 e. The van der Waals surface area contributed by atoms with Gasteiger partial charge in [-0.15, -0.1) is 11.6 Å². The van der Waals surface area contributed by atoms with Crippen molar-refractivity contribution < 1.29 is 9.94 Å². The Hall–Kier alpha value is -0.770. The fourth-order valence-electron chi connectivity index (χ4n) is 1.02. The van der Waals surface area contributed by atoms with Crippen LogP contribution in [0.25, 0.3) is 0 Å². The monoisotopic (exact) mass is 243 g/mol. The summed E-state index contributed by atoms with van der Waals surface area (Å²) in [5.74, 6) is 0.513. The molecule has 16 heavy (non-hydrogen) atoms. The number of alkyl halides is 1. The van der Waals surface area contributed by atoms with E-state index in [-0.39, 0.29) is 12.0 Å². The molecule has 0 radical (unpaired) electrons. The zero-order valence-corrected chi connectivity index (χ0v) is 10.4. The molecule has 4 heteroatoms. The first kappa shape index (κ1) is 13.3. The van der Waals surface area contributed by atoms with Gasteiger partial charge in [-0.3, -0.25) is 10.3 Å². The molecule has 2 N–H and O–H groups in total. The average molecular weight is 244 g/mol. The fraction of sp³-hybridized carbons (Fsp3) is 0.500. The number of aliphatic hydroxyl groups is 1. The van der Waals surface area contributed by atoms with Crippen LogP contribution in [0.5, 0.6) is 0 Å². The topological polar surface area (TPSA) is 41.5 Å². The van der Waals surface area contributed by atoms with Crippen molar-refractivity contribution in [3.63, 3.8) is 0 Å². The molecule has 0 saturated heterocycles. The second kappa shape index (κ2) is 6.09. The molecule has 3 nitrogen and oxygen atoms in total. The highest BCUT2D eigenvalue weighted by Gasteiger charge is 2.16. The Balaban J connectivity index is 2.37. The van der Waals surface area contributed by atoms with Gasteiger partial charge in [-0.2, -0.15) is 0 Å². The maximum Gasteiger partial charge on any atom is 0.0818 e. The molecule has 0 spiro atoms. The molecule has 1 aromatic carbocycles. The molecular weight excluding hydrogens is 226 g/mol. The first-order valence-corrected chi connectivity index (χ1v) is 5.74. The van der Waals surface area contributed by atoms with Crippen LogP contribution in [-0.2, 0) is 10.7 Å². The van der Waals surface area contributed by atoms with Crippen LogP contribution in [0.1, 0.15) is 19.4 Å². The van der Waals surface area contributed by atoms with Crippen molar-refractivity contribution in [2.24, 2.45) is 5.41 Å². The highest BCUT2D eigenvalue weighted by atomic mass is 35.5. The fourth-order valence-corrected chi connectivity index (χ4v) is 1.20. The van der Waals surface area contributed by atoms with E-state index in [9.17, 15) is 0 Å². The van der Waals surface area contributed by atoms with Crippen molar-refractivity contribution in [2.75, 3.05) is 18.7 Å². The van der Waals surface area contributed by atoms with Gasteiger partial charge >= 0.3 is 0 Å². The molecule has 1 aromatic rings. The molecule has 0 aliphatic rings. The molecule has 0 aliphatic heterocycles. The SMILES string of the molecule is CC(C)(CO)CONc1ccc(CCl)cc1. The number of nitrogens with one attached hydrogen (secondary N) is 1. The number of anilines is 1. The van der Waals surface area contributed by atoms with Crippen LogP contribution in [0.3, 0.4) is 0 Å². The van der Waals surface area contributed by atoms with Gasteiger partial charge in [0.25, 0.3) is 0 Å². The maximum absolute atomic E-state index is 9.04. The van der Waals surface area contributed by atoms with Gasteiger partial charge in [0.15, 0.2) is 0 Å². The zero-order valence-electron chi connectivity index (χ0n) is 9.66. The lowest BCUT2D eigenvalue weighted by Crippen LogP contribution is -2.25. The van der Waals surface area contributed by atoms with Crippen LogP contribution in [0.15, 0.2) is 24.3 Å². The van der Waals surface area contributed by atoms with Crippen molar-refractivity contribution in [1.29, 1.82) is 0 Å². The van der Waals surface area contributed by atoms with Crippen molar-refractivity contribution in [3.8, 4) is 0 Å². The van der Waals surface area contributed by atoms with Gasteiger partial charge in [0.1, 0.15) is 0 Å². The highest BCUT2D eigenvalue weighted by molar-refractivity contribution is 6.17. The summed E-state index contributed by atoms with van der Waals surface area (Å²) in [6.07, 6.45) is 0. The Morgan fingerprint density at radius 2 is 1.94 bits per heavy atom. The minimum Gasteiger partial charge on any atom is -0.396 e. The third-order valence-corrected chi connectivity index (χ3v) is 2.50. The van der Waals surface area contributed by atoms with E-state index in [0.717, 1.165) is 11.3 Å². The molecule has 0 aromatic heterocycles. The zero-order chi connectivity index (χ0) is 12.0. The second-order valence-electron chi connectivity index (χ2n) is 4.54. The molecule has 0 atom stereocenters. The molecule has 0 amide bonds. The summed E-state index contributed by atoms with van der Waals surface area (Å²) in [4.78, 5) is 5.31. The largest absolute Gasteiger partial charge is 0.396 e. The normalized spacial score (nSPS) is 11.5. The molecule has 0 bridgehead atoms. The summed E-state index contributed by atoms with van der Waals surface area (Å²) in [5.41, 5.74) is 4.55. The van der Waals surface area contributed by atoms with Crippen molar-refractivity contribution in [1.82, 2.24) is 0 Å². The first-order chi connectivity index (χ1) is 7.57. The molecule has 0 unspecified atom stereocenters. The number of halogens is 1. The molecule has 0 heterocycles. The number of hydrogen-bond acceptors (Lipinski definition) is 3. The molecule has 0 saturated carbocycles. The minimum absolute atomic E-state index is 0.0971. The van der Waals surface area contributed by atoms with Gasteiger partial charge in [0.05, 0.1) is 18.9 Å². The van der Waals surface area contributed by atoms with Crippen molar-refractivity contribution in [2.45, 2.75) is 19.7 Å². The lowest BCUT2D eigenvalue weighted by Gasteiger charge is -2.21. The van der Waals surface area contributed by atoms with E-state index in [1.807, 2.05) is 38.1 Å². The third-order valence-electron chi connectivity index (χ3n) is 2.19. The summed E-state index contributed by atoms with van der Waals surface area (Å²) in [6, 6.07) is 7.69. The minimum atomic E-state index is -0.233. The molecule has 90 valence electrons. The van der Waals surface area contributed by atoms with E-state index in [4.69, 9.17) is 21.5 Å². The first-order valence-electron chi connectivity index (χ1n) is 5.21. The number of rotatable bonds is 6. The van der Waals surface area contributed by atoms with E-state index in [1.165, 1.54) is 0 Å². The third kappa shape index (κ3) is 4.39. The van der Waals surface area contributed by atoms with E-state index < -0.39 is 0 Å². The molecule has 0 aliphatic carbocycles. The van der Waals surface area contributed by atoms with Gasteiger partial charge in [-0.25, -0.2) is 0 Å². The van der Waals surface area contributed by atoms with Crippen LogP contribution >= 0.6 is 11.6 Å². The Morgan fingerprint density at radius 3 is 2.44 bits per heavy atom. The van der Waals surface area contributed by atoms with Gasteiger partial charge < -0.3 is 5.11 Å². The predicted molar refractivity (Wildman–Crippen MR) is 66.4 cm³/mol. The van der Waals surface area contributed by atoms with Crippen molar-refractivity contribution in [3.05, 3.63) is 29.8 Å². The second-order valence-corrected chi connectivity index (χ2v) is 4.81. The maximum atomic E-state index is 9.04. The van der Waals surface area contributed by atoms with Gasteiger partial charge in [0, 0.05) is 11.3 Å². The van der Waals surface area contributed by atoms with Crippen LogP contribution in [0.2, 0.25) is 0 Å². The summed E-state index contributed by atoms with van der Waals surface area (Å²) >= 11 is 5.68. The van der Waals surface area contributed by atoms with E-state index in [0.29, 0.717) is 12.5 Å². The predicted octanol–water partition coefficient (Wildman–Crippen LogP) is 2.79. The van der Waals surface area contributed by atoms with Gasteiger partial charge in [0.2, 0.25) is 0 Å². The summed E-state index contributed by atoms with van der Waals surface area (Å²) in [7, 11) is 0. The molecule has 1 rings (SSSR count). The Kier molecular flexibility index (Phi) is 5.06. The number of hydrogen-bond donors (Lipinski definition) is 2. The van der Waals surface area contributed by atoms with Crippen LogP contribution in [0, 0.1) is 5.41 Å². The van der Waals surface area contributed by atoms with E-state index in [2.05, 4.69) is 5.48 Å². The van der Waals surface area contributed by atoms with Gasteiger partial charge in [-0.1, -0.05) is 26.0 Å². The Morgan fingerprint density at radius 1 is 1.31 bits per heavy atom. The van der Waals surface area contributed by atoms with Crippen molar-refractivity contribution >= 4 is 17.3 Å². The molecular formula is C12H18ClNO2. The van der Waals surface area contributed by atoms with Crippen LogP contribution in [-0.4, -0.2) is 18.3 Å². The summed E-state index contributed by atoms with van der Waals surface area (Å²) in [6.45, 7) is 4.41. The Bertz CT molecular complexity index is 311. The van der Waals surface area contributed by atoms with E-state index >= 15 is 0 Å². The highest BCUT2D eigenvalue weighted by Crippen LogP contribution is 2.15.